The van der Waals surface area contributed by atoms with Gasteiger partial charge in [-0.25, -0.2) is 9.59 Å². The van der Waals surface area contributed by atoms with Gasteiger partial charge in [0.1, 0.15) is 11.8 Å². The molecule has 176 valence electrons. The lowest BCUT2D eigenvalue weighted by molar-refractivity contribution is -0.139. The Bertz CT molecular complexity index is 998. The van der Waals surface area contributed by atoms with Crippen LogP contribution in [0.4, 0.5) is 10.5 Å². The summed E-state index contributed by atoms with van der Waals surface area (Å²) in [6.07, 6.45) is 1.51. The van der Waals surface area contributed by atoms with E-state index in [1.165, 1.54) is 17.5 Å². The van der Waals surface area contributed by atoms with Crippen LogP contribution < -0.4 is 15.5 Å². The van der Waals surface area contributed by atoms with Gasteiger partial charge in [-0.3, -0.25) is 4.90 Å². The van der Waals surface area contributed by atoms with Crippen LogP contribution in [0.15, 0.2) is 58.3 Å². The van der Waals surface area contributed by atoms with E-state index in [2.05, 4.69) is 32.6 Å². The van der Waals surface area contributed by atoms with E-state index in [0.717, 1.165) is 13.1 Å². The van der Waals surface area contributed by atoms with Gasteiger partial charge in [-0.2, -0.15) is 0 Å². The van der Waals surface area contributed by atoms with Gasteiger partial charge in [0.05, 0.1) is 31.7 Å². The fraction of sp³-hybridized carbons (Fsp3) is 0.417. The smallest absolute Gasteiger partial charge is 0.338 e. The van der Waals surface area contributed by atoms with Gasteiger partial charge in [-0.15, -0.1) is 0 Å². The molecule has 1 aromatic heterocycles. The number of benzene rings is 1. The van der Waals surface area contributed by atoms with Gasteiger partial charge in [0.25, 0.3) is 0 Å². The van der Waals surface area contributed by atoms with Crippen molar-refractivity contribution < 1.29 is 23.5 Å². The Morgan fingerprint density at radius 2 is 1.97 bits per heavy atom. The first-order valence-corrected chi connectivity index (χ1v) is 11.2. The van der Waals surface area contributed by atoms with E-state index < -0.39 is 12.0 Å². The summed E-state index contributed by atoms with van der Waals surface area (Å²) in [6.45, 7) is 6.12. The lowest BCUT2D eigenvalue weighted by Gasteiger charge is -2.32. The minimum absolute atomic E-state index is 0.233. The molecule has 4 rings (SSSR count). The number of morpholine rings is 1. The summed E-state index contributed by atoms with van der Waals surface area (Å²) in [6, 6.07) is 10.6. The molecule has 0 saturated carbocycles. The number of nitrogens with zero attached hydrogens (tertiary/aromatic N) is 2. The molecule has 3 heterocycles. The van der Waals surface area contributed by atoms with Crippen LogP contribution in [0.1, 0.15) is 24.3 Å². The summed E-state index contributed by atoms with van der Waals surface area (Å²) in [5.74, 6) is -0.00534. The fourth-order valence-electron chi connectivity index (χ4n) is 4.24. The Labute approximate surface area is 193 Å². The van der Waals surface area contributed by atoms with Crippen molar-refractivity contribution in [1.29, 1.82) is 0 Å². The molecule has 2 aromatic rings. The molecule has 0 bridgehead atoms. The summed E-state index contributed by atoms with van der Waals surface area (Å²) in [5, 5.41) is 5.58. The van der Waals surface area contributed by atoms with Gasteiger partial charge in [-0.1, -0.05) is 18.2 Å². The molecule has 0 radical (unpaired) electrons. The van der Waals surface area contributed by atoms with Crippen molar-refractivity contribution in [1.82, 2.24) is 15.5 Å². The number of furan rings is 1. The normalized spacial score (nSPS) is 18.8. The summed E-state index contributed by atoms with van der Waals surface area (Å²) in [7, 11) is 1.96. The molecular weight excluding hydrogens is 424 g/mol. The van der Waals surface area contributed by atoms with E-state index in [1.54, 1.807) is 19.1 Å². The largest absolute Gasteiger partial charge is 0.467 e. The van der Waals surface area contributed by atoms with Crippen LogP contribution in [0.3, 0.4) is 0 Å². The Hall–Kier alpha value is -3.30. The van der Waals surface area contributed by atoms with Crippen molar-refractivity contribution in [2.45, 2.75) is 19.5 Å². The number of hydrogen-bond acceptors (Lipinski definition) is 7. The monoisotopic (exact) mass is 454 g/mol. The molecular formula is C24H30N4O5. The third-order valence-corrected chi connectivity index (χ3v) is 5.69. The standard InChI is InChI=1S/C24H30N4O5/c1-3-32-23(29)21-18(25-24(30)26-22(21)20-9-6-12-33-20)16-27(2)15-17-7-4-5-8-19(17)28-10-13-31-14-11-28/h4-9,12,22H,3,10-11,13-16H2,1-2H3,(H2,25,26,30)/t22-/m0/s1. The molecule has 2 N–H and O–H groups in total. The number of amides is 2. The second kappa shape index (κ2) is 10.5. The van der Waals surface area contributed by atoms with Crippen molar-refractivity contribution >= 4 is 17.7 Å². The van der Waals surface area contributed by atoms with Crippen molar-refractivity contribution in [2.75, 3.05) is 51.4 Å². The molecule has 0 spiro atoms. The lowest BCUT2D eigenvalue weighted by atomic mass is 9.99. The highest BCUT2D eigenvalue weighted by atomic mass is 16.5. The number of likely N-dealkylation sites (N-methyl/N-ethyl adjacent to an activating group) is 1. The average Bonchev–Trinajstić information content (AvgIpc) is 3.34. The van der Waals surface area contributed by atoms with Crippen LogP contribution in [0, 0.1) is 0 Å². The van der Waals surface area contributed by atoms with Gasteiger partial charge in [0.2, 0.25) is 0 Å². The summed E-state index contributed by atoms with van der Waals surface area (Å²) in [4.78, 5) is 29.7. The number of anilines is 1. The molecule has 1 fully saturated rings. The summed E-state index contributed by atoms with van der Waals surface area (Å²) >= 11 is 0. The first kappa shape index (κ1) is 22.9. The first-order valence-electron chi connectivity index (χ1n) is 11.2. The zero-order valence-corrected chi connectivity index (χ0v) is 19.0. The van der Waals surface area contributed by atoms with Crippen LogP contribution in [-0.2, 0) is 20.8 Å². The maximum atomic E-state index is 12.9. The molecule has 9 nitrogen and oxygen atoms in total. The van der Waals surface area contributed by atoms with E-state index in [9.17, 15) is 9.59 Å². The maximum Gasteiger partial charge on any atom is 0.338 e. The molecule has 1 aromatic carbocycles. The number of para-hydroxylation sites is 1. The van der Waals surface area contributed by atoms with E-state index in [-0.39, 0.29) is 12.6 Å². The molecule has 9 heteroatoms. The minimum Gasteiger partial charge on any atom is -0.467 e. The quantitative estimate of drug-likeness (QED) is 0.592. The molecule has 0 unspecified atom stereocenters. The van der Waals surface area contributed by atoms with Crippen LogP contribution in [0.25, 0.3) is 0 Å². The number of ether oxygens (including phenoxy) is 2. The topological polar surface area (TPSA) is 96.3 Å². The number of rotatable bonds is 8. The Morgan fingerprint density at radius 3 is 2.70 bits per heavy atom. The van der Waals surface area contributed by atoms with Gasteiger partial charge in [0, 0.05) is 37.6 Å². The Kier molecular flexibility index (Phi) is 7.31. The molecule has 2 aliphatic heterocycles. The van der Waals surface area contributed by atoms with E-state index in [1.807, 2.05) is 19.2 Å². The summed E-state index contributed by atoms with van der Waals surface area (Å²) < 4.78 is 16.3. The first-order chi connectivity index (χ1) is 16.1. The number of nitrogens with one attached hydrogen (secondary N) is 2. The number of esters is 1. The highest BCUT2D eigenvalue weighted by Gasteiger charge is 2.35. The van der Waals surface area contributed by atoms with Gasteiger partial charge >= 0.3 is 12.0 Å². The second-order valence-electron chi connectivity index (χ2n) is 8.06. The Morgan fingerprint density at radius 1 is 1.18 bits per heavy atom. The molecule has 2 amide bonds. The van der Waals surface area contributed by atoms with Crippen LogP contribution in [-0.4, -0.2) is 63.4 Å². The maximum absolute atomic E-state index is 12.9. The van der Waals surface area contributed by atoms with E-state index >= 15 is 0 Å². The van der Waals surface area contributed by atoms with Crippen molar-refractivity contribution in [3.63, 3.8) is 0 Å². The zero-order chi connectivity index (χ0) is 23.2. The number of urea groups is 1. The molecule has 2 aliphatic rings. The van der Waals surface area contributed by atoms with Crippen molar-refractivity contribution in [2.24, 2.45) is 0 Å². The third kappa shape index (κ3) is 5.37. The molecule has 1 atom stereocenters. The second-order valence-corrected chi connectivity index (χ2v) is 8.06. The van der Waals surface area contributed by atoms with E-state index in [4.69, 9.17) is 13.9 Å². The van der Waals surface area contributed by atoms with Crippen molar-refractivity contribution in [3.8, 4) is 0 Å². The fourth-order valence-corrected chi connectivity index (χ4v) is 4.24. The average molecular weight is 455 g/mol. The highest BCUT2D eigenvalue weighted by Crippen LogP contribution is 2.29. The molecule has 33 heavy (non-hydrogen) atoms. The third-order valence-electron chi connectivity index (χ3n) is 5.69. The lowest BCUT2D eigenvalue weighted by Crippen LogP contribution is -2.48. The van der Waals surface area contributed by atoms with Crippen molar-refractivity contribution in [3.05, 3.63) is 65.3 Å². The van der Waals surface area contributed by atoms with Gasteiger partial charge in [0.15, 0.2) is 0 Å². The van der Waals surface area contributed by atoms with Crippen LogP contribution in [0.2, 0.25) is 0 Å². The highest BCUT2D eigenvalue weighted by molar-refractivity contribution is 5.95. The number of carbonyl (C=O) groups is 2. The van der Waals surface area contributed by atoms with Crippen LogP contribution in [0.5, 0.6) is 0 Å². The minimum atomic E-state index is -0.711. The molecule has 1 saturated heterocycles. The number of hydrogen-bond donors (Lipinski definition) is 2. The predicted octanol–water partition coefficient (Wildman–Crippen LogP) is 2.42. The SMILES string of the molecule is CCOC(=O)C1=C(CN(C)Cc2ccccc2N2CCOCC2)NC(=O)N[C@H]1c1ccco1. The predicted molar refractivity (Wildman–Crippen MR) is 123 cm³/mol. The summed E-state index contributed by atoms with van der Waals surface area (Å²) in [5.41, 5.74) is 3.20. The Balaban J connectivity index is 1.58. The van der Waals surface area contributed by atoms with Crippen LogP contribution >= 0.6 is 0 Å². The van der Waals surface area contributed by atoms with Gasteiger partial charge in [-0.05, 0) is 37.7 Å². The van der Waals surface area contributed by atoms with E-state index in [0.29, 0.717) is 43.3 Å². The number of carbonyl (C=O) groups excluding carboxylic acids is 2. The molecule has 0 aliphatic carbocycles. The van der Waals surface area contributed by atoms with Gasteiger partial charge < -0.3 is 29.4 Å². The zero-order valence-electron chi connectivity index (χ0n) is 19.0.